The van der Waals surface area contributed by atoms with Crippen LogP contribution in [0.3, 0.4) is 0 Å². The predicted molar refractivity (Wildman–Crippen MR) is 110 cm³/mol. The van der Waals surface area contributed by atoms with Gasteiger partial charge in [0.25, 0.3) is 5.91 Å². The molecule has 1 unspecified atom stereocenters. The first-order valence-corrected chi connectivity index (χ1v) is 8.16. The van der Waals surface area contributed by atoms with Crippen LogP contribution >= 0.6 is 24.8 Å². The first kappa shape index (κ1) is 24.2. The average Bonchev–Trinajstić information content (AvgIpc) is 2.59. The maximum Gasteiger partial charge on any atom is 0.253 e. The van der Waals surface area contributed by atoms with Gasteiger partial charge < -0.3 is 15.4 Å². The van der Waals surface area contributed by atoms with E-state index in [1.54, 1.807) is 48.6 Å². The average molecular weight is 400 g/mol. The Balaban J connectivity index is 0.00000312. The molecule has 7 heteroatoms. The standard InChI is InChI=1S/C19H25N3O2.2ClH/c1-14(2)18(20)9-12-22(3)19(23)15-5-4-6-17(13-15)24-16-7-10-21-11-8-16;;/h4-8,10-11,13-14,18H,9,12,20H2,1-3H3;2*1H. The van der Waals surface area contributed by atoms with Crippen LogP contribution in [0.25, 0.3) is 0 Å². The third-order valence-electron chi connectivity index (χ3n) is 3.97. The van der Waals surface area contributed by atoms with E-state index in [4.69, 9.17) is 10.5 Å². The van der Waals surface area contributed by atoms with E-state index in [-0.39, 0.29) is 36.8 Å². The number of carbonyl (C=O) groups is 1. The molecule has 0 aliphatic rings. The molecule has 0 radical (unpaired) electrons. The highest BCUT2D eigenvalue weighted by Gasteiger charge is 2.15. The van der Waals surface area contributed by atoms with Crippen molar-refractivity contribution in [1.82, 2.24) is 9.88 Å². The first-order chi connectivity index (χ1) is 11.5. The molecule has 1 heterocycles. The molecule has 5 nitrogen and oxygen atoms in total. The summed E-state index contributed by atoms with van der Waals surface area (Å²) in [6, 6.07) is 10.8. The van der Waals surface area contributed by atoms with Crippen LogP contribution in [0.15, 0.2) is 48.8 Å². The number of carbonyl (C=O) groups excluding carboxylic acids is 1. The van der Waals surface area contributed by atoms with E-state index in [1.165, 1.54) is 0 Å². The van der Waals surface area contributed by atoms with Crippen LogP contribution in [-0.4, -0.2) is 35.4 Å². The van der Waals surface area contributed by atoms with Crippen molar-refractivity contribution in [1.29, 1.82) is 0 Å². The van der Waals surface area contributed by atoms with Crippen molar-refractivity contribution in [2.75, 3.05) is 13.6 Å². The quantitative estimate of drug-likeness (QED) is 0.758. The molecule has 1 aromatic carbocycles. The number of halogens is 2. The molecule has 1 atom stereocenters. The number of hydrogen-bond donors (Lipinski definition) is 1. The normalized spacial score (nSPS) is 11.1. The smallest absolute Gasteiger partial charge is 0.253 e. The van der Waals surface area contributed by atoms with Gasteiger partial charge in [0.15, 0.2) is 0 Å². The minimum atomic E-state index is -0.0360. The molecular formula is C19H27Cl2N3O2. The predicted octanol–water partition coefficient (Wildman–Crippen LogP) is 4.16. The van der Waals surface area contributed by atoms with Gasteiger partial charge in [-0.2, -0.15) is 0 Å². The van der Waals surface area contributed by atoms with Crippen LogP contribution in [-0.2, 0) is 0 Å². The van der Waals surface area contributed by atoms with E-state index in [2.05, 4.69) is 18.8 Å². The molecule has 144 valence electrons. The third-order valence-corrected chi connectivity index (χ3v) is 3.97. The Hall–Kier alpha value is -1.82. The molecule has 26 heavy (non-hydrogen) atoms. The van der Waals surface area contributed by atoms with E-state index in [9.17, 15) is 4.79 Å². The molecular weight excluding hydrogens is 373 g/mol. The van der Waals surface area contributed by atoms with Crippen molar-refractivity contribution in [2.24, 2.45) is 11.7 Å². The number of hydrogen-bond acceptors (Lipinski definition) is 4. The van der Waals surface area contributed by atoms with E-state index in [0.717, 1.165) is 6.42 Å². The largest absolute Gasteiger partial charge is 0.457 e. The Labute approximate surface area is 167 Å². The fourth-order valence-corrected chi connectivity index (χ4v) is 2.23. The van der Waals surface area contributed by atoms with Gasteiger partial charge in [-0.05, 0) is 42.7 Å². The minimum Gasteiger partial charge on any atom is -0.457 e. The topological polar surface area (TPSA) is 68.5 Å². The summed E-state index contributed by atoms with van der Waals surface area (Å²) >= 11 is 0. The molecule has 0 aliphatic heterocycles. The van der Waals surface area contributed by atoms with Crippen molar-refractivity contribution in [3.8, 4) is 11.5 Å². The number of benzene rings is 1. The lowest BCUT2D eigenvalue weighted by molar-refractivity contribution is 0.0789. The molecule has 0 fully saturated rings. The summed E-state index contributed by atoms with van der Waals surface area (Å²) in [5.41, 5.74) is 6.65. The van der Waals surface area contributed by atoms with Gasteiger partial charge in [-0.15, -0.1) is 24.8 Å². The minimum absolute atomic E-state index is 0. The number of rotatable bonds is 7. The summed E-state index contributed by atoms with van der Waals surface area (Å²) in [7, 11) is 1.80. The molecule has 2 aromatic rings. The molecule has 2 N–H and O–H groups in total. The van der Waals surface area contributed by atoms with Crippen molar-refractivity contribution >= 4 is 30.7 Å². The lowest BCUT2D eigenvalue weighted by Crippen LogP contribution is -2.34. The zero-order chi connectivity index (χ0) is 17.5. The van der Waals surface area contributed by atoms with Crippen LogP contribution in [0.2, 0.25) is 0 Å². The second-order valence-electron chi connectivity index (χ2n) is 6.24. The highest BCUT2D eigenvalue weighted by molar-refractivity contribution is 5.94. The van der Waals surface area contributed by atoms with Gasteiger partial charge in [0, 0.05) is 37.6 Å². The fourth-order valence-electron chi connectivity index (χ4n) is 2.23. The van der Waals surface area contributed by atoms with E-state index in [1.807, 2.05) is 12.1 Å². The van der Waals surface area contributed by atoms with E-state index >= 15 is 0 Å². The second kappa shape index (κ2) is 11.7. The lowest BCUT2D eigenvalue weighted by Gasteiger charge is -2.21. The van der Waals surface area contributed by atoms with Crippen molar-refractivity contribution in [2.45, 2.75) is 26.3 Å². The fraction of sp³-hybridized carbons (Fsp3) is 0.368. The highest BCUT2D eigenvalue weighted by atomic mass is 35.5. The number of nitrogens with zero attached hydrogens (tertiary/aromatic N) is 2. The van der Waals surface area contributed by atoms with E-state index < -0.39 is 0 Å². The Morgan fingerprint density at radius 1 is 1.15 bits per heavy atom. The maximum atomic E-state index is 12.6. The molecule has 0 aliphatic carbocycles. The van der Waals surface area contributed by atoms with Crippen molar-refractivity contribution < 1.29 is 9.53 Å². The molecule has 0 saturated heterocycles. The van der Waals surface area contributed by atoms with Gasteiger partial charge in [0.05, 0.1) is 0 Å². The SMILES string of the molecule is CC(C)C(N)CCN(C)C(=O)c1cccc(Oc2ccncc2)c1.Cl.Cl. The van der Waals surface area contributed by atoms with Gasteiger partial charge >= 0.3 is 0 Å². The van der Waals surface area contributed by atoms with E-state index in [0.29, 0.717) is 29.5 Å². The Morgan fingerprint density at radius 3 is 2.42 bits per heavy atom. The summed E-state index contributed by atoms with van der Waals surface area (Å²) in [5, 5.41) is 0. The molecule has 1 aromatic heterocycles. The summed E-state index contributed by atoms with van der Waals surface area (Å²) in [4.78, 5) is 18.2. The highest BCUT2D eigenvalue weighted by Crippen LogP contribution is 2.22. The van der Waals surface area contributed by atoms with Gasteiger partial charge in [-0.3, -0.25) is 9.78 Å². The number of pyridine rings is 1. The number of amides is 1. The van der Waals surface area contributed by atoms with Crippen LogP contribution < -0.4 is 10.5 Å². The summed E-state index contributed by atoms with van der Waals surface area (Å²) in [5.74, 6) is 1.68. The molecule has 0 spiro atoms. The first-order valence-electron chi connectivity index (χ1n) is 8.16. The molecule has 1 amide bonds. The zero-order valence-electron chi connectivity index (χ0n) is 15.3. The number of aromatic nitrogens is 1. The second-order valence-corrected chi connectivity index (χ2v) is 6.24. The van der Waals surface area contributed by atoms with Gasteiger partial charge in [0.1, 0.15) is 11.5 Å². The van der Waals surface area contributed by atoms with Crippen molar-refractivity contribution in [3.63, 3.8) is 0 Å². The third kappa shape index (κ3) is 7.20. The van der Waals surface area contributed by atoms with Crippen LogP contribution in [0.4, 0.5) is 0 Å². The van der Waals surface area contributed by atoms with Gasteiger partial charge in [0.2, 0.25) is 0 Å². The molecule has 0 bridgehead atoms. The van der Waals surface area contributed by atoms with Crippen molar-refractivity contribution in [3.05, 3.63) is 54.4 Å². The summed E-state index contributed by atoms with van der Waals surface area (Å²) in [6.45, 7) is 4.81. The number of ether oxygens (including phenoxy) is 1. The van der Waals surface area contributed by atoms with Crippen LogP contribution in [0, 0.1) is 5.92 Å². The zero-order valence-corrected chi connectivity index (χ0v) is 16.9. The Bertz CT molecular complexity index is 669. The van der Waals surface area contributed by atoms with Crippen LogP contribution in [0.5, 0.6) is 11.5 Å². The monoisotopic (exact) mass is 399 g/mol. The Morgan fingerprint density at radius 2 is 1.81 bits per heavy atom. The van der Waals surface area contributed by atoms with Gasteiger partial charge in [-0.1, -0.05) is 19.9 Å². The summed E-state index contributed by atoms with van der Waals surface area (Å²) < 4.78 is 5.75. The summed E-state index contributed by atoms with van der Waals surface area (Å²) in [6.07, 6.45) is 4.11. The Kier molecular flexibility index (Phi) is 10.9. The van der Waals surface area contributed by atoms with Crippen LogP contribution in [0.1, 0.15) is 30.6 Å². The lowest BCUT2D eigenvalue weighted by atomic mass is 10.0. The maximum absolute atomic E-state index is 12.6. The molecule has 0 saturated carbocycles. The molecule has 2 rings (SSSR count). The number of nitrogens with two attached hydrogens (primary N) is 1. The van der Waals surface area contributed by atoms with Gasteiger partial charge in [-0.25, -0.2) is 0 Å².